The van der Waals surface area contributed by atoms with Crippen LogP contribution in [0.3, 0.4) is 0 Å². The van der Waals surface area contributed by atoms with Crippen molar-refractivity contribution in [3.05, 3.63) is 76.0 Å². The molecule has 0 aliphatic carbocycles. The van der Waals surface area contributed by atoms with Gasteiger partial charge in [0.2, 0.25) is 0 Å². The molecule has 1 aliphatic rings. The fourth-order valence-electron chi connectivity index (χ4n) is 3.70. The van der Waals surface area contributed by atoms with Crippen molar-refractivity contribution in [2.24, 2.45) is 0 Å². The predicted molar refractivity (Wildman–Crippen MR) is 114 cm³/mol. The van der Waals surface area contributed by atoms with E-state index in [0.29, 0.717) is 23.2 Å². The van der Waals surface area contributed by atoms with Crippen molar-refractivity contribution in [3.63, 3.8) is 0 Å². The van der Waals surface area contributed by atoms with Gasteiger partial charge in [-0.25, -0.2) is 4.79 Å². The molecule has 8 nitrogen and oxygen atoms in total. The van der Waals surface area contributed by atoms with Gasteiger partial charge in [-0.1, -0.05) is 24.3 Å². The molecule has 4 rings (SSSR count). The minimum absolute atomic E-state index is 0.285. The summed E-state index contributed by atoms with van der Waals surface area (Å²) in [6.07, 6.45) is 0. The number of hydrogen-bond donors (Lipinski definition) is 3. The maximum absolute atomic E-state index is 13.2. The fourth-order valence-corrected chi connectivity index (χ4v) is 3.70. The van der Waals surface area contributed by atoms with Crippen molar-refractivity contribution in [3.8, 4) is 11.4 Å². The molecule has 30 heavy (non-hydrogen) atoms. The Labute approximate surface area is 175 Å². The van der Waals surface area contributed by atoms with Crippen LogP contribution in [0.2, 0.25) is 0 Å². The molecule has 158 valence electrons. The maximum Gasteiger partial charge on any atom is 0.351 e. The largest absolute Gasteiger partial charge is 0.497 e. The Morgan fingerprint density at radius 2 is 1.87 bits per heavy atom. The number of ether oxygens (including phenoxy) is 1. The molecule has 0 unspecified atom stereocenters. The summed E-state index contributed by atoms with van der Waals surface area (Å²) in [5.41, 5.74) is 7.43. The Morgan fingerprint density at radius 1 is 1.17 bits per heavy atom. The monoisotopic (exact) mass is 409 g/mol. The quantitative estimate of drug-likeness (QED) is 0.572. The van der Waals surface area contributed by atoms with Gasteiger partial charge in [-0.15, -0.1) is 5.10 Å². The van der Waals surface area contributed by atoms with E-state index in [1.165, 1.54) is 14.8 Å². The molecule has 0 spiro atoms. The van der Waals surface area contributed by atoms with Crippen molar-refractivity contribution in [1.82, 2.24) is 25.2 Å². The first-order valence-electron chi connectivity index (χ1n) is 9.98. The summed E-state index contributed by atoms with van der Waals surface area (Å²) in [5, 5.41) is 15.1. The average molecular weight is 409 g/mol. The van der Waals surface area contributed by atoms with Gasteiger partial charge in [0.15, 0.2) is 5.82 Å². The molecule has 0 atom stereocenters. The van der Waals surface area contributed by atoms with Gasteiger partial charge in [0.1, 0.15) is 11.4 Å². The number of methoxy groups -OCH3 is 1. The zero-order valence-corrected chi connectivity index (χ0v) is 17.4. The van der Waals surface area contributed by atoms with E-state index < -0.39 is 5.60 Å². The van der Waals surface area contributed by atoms with Crippen LogP contribution in [0.15, 0.2) is 53.3 Å². The second kappa shape index (κ2) is 8.06. The third-order valence-corrected chi connectivity index (χ3v) is 5.32. The first-order valence-corrected chi connectivity index (χ1v) is 9.98. The van der Waals surface area contributed by atoms with Gasteiger partial charge < -0.3 is 9.84 Å². The number of aliphatic hydroxyl groups is 1. The molecule has 1 fully saturated rings. The third-order valence-electron chi connectivity index (χ3n) is 5.32. The highest BCUT2D eigenvalue weighted by atomic mass is 16.5. The topological polar surface area (TPSA) is 93.3 Å². The first kappa shape index (κ1) is 20.3. The molecular weight excluding hydrogens is 382 g/mol. The number of benzene rings is 2. The van der Waals surface area contributed by atoms with Gasteiger partial charge in [0.05, 0.1) is 19.3 Å². The molecular formula is C22H27N5O3. The number of hydrazine groups is 1. The highest BCUT2D eigenvalue weighted by molar-refractivity contribution is 5.36. The van der Waals surface area contributed by atoms with Gasteiger partial charge in [0, 0.05) is 19.0 Å². The van der Waals surface area contributed by atoms with Gasteiger partial charge >= 0.3 is 5.69 Å². The highest BCUT2D eigenvalue weighted by Crippen LogP contribution is 2.21. The van der Waals surface area contributed by atoms with Crippen LogP contribution in [0, 0.1) is 0 Å². The van der Waals surface area contributed by atoms with Crippen LogP contribution in [-0.2, 0) is 12.1 Å². The van der Waals surface area contributed by atoms with Crippen molar-refractivity contribution < 1.29 is 9.84 Å². The van der Waals surface area contributed by atoms with E-state index in [1.807, 2.05) is 48.5 Å². The van der Waals surface area contributed by atoms with E-state index >= 15 is 0 Å². The Bertz CT molecular complexity index is 1070. The summed E-state index contributed by atoms with van der Waals surface area (Å²) in [4.78, 5) is 13.2. The van der Waals surface area contributed by atoms with Crippen LogP contribution < -0.4 is 21.3 Å². The number of nitrogens with zero attached hydrogens (tertiary/aromatic N) is 3. The maximum atomic E-state index is 13.2. The van der Waals surface area contributed by atoms with E-state index in [4.69, 9.17) is 4.74 Å². The Balaban J connectivity index is 1.71. The van der Waals surface area contributed by atoms with E-state index in [0.717, 1.165) is 18.7 Å². The first-order chi connectivity index (χ1) is 14.4. The zero-order valence-electron chi connectivity index (χ0n) is 17.4. The summed E-state index contributed by atoms with van der Waals surface area (Å²) in [6, 6.07) is 15.3. The minimum Gasteiger partial charge on any atom is -0.497 e. The Kier molecular flexibility index (Phi) is 5.46. The lowest BCUT2D eigenvalue weighted by atomic mass is 10.0. The molecule has 3 aromatic rings. The fraction of sp³-hybridized carbons (Fsp3) is 0.364. The SMILES string of the molecule is COc1cccc(Cn2c(C(C)(C)O)nn(-c3ccc(C4CNNC4)cc3)c2=O)c1. The molecule has 3 N–H and O–H groups in total. The van der Waals surface area contributed by atoms with E-state index in [2.05, 4.69) is 16.0 Å². The molecule has 0 bridgehead atoms. The Hall–Kier alpha value is -2.94. The number of aromatic nitrogens is 3. The van der Waals surface area contributed by atoms with Crippen molar-refractivity contribution >= 4 is 0 Å². The van der Waals surface area contributed by atoms with Gasteiger partial charge in [0.25, 0.3) is 0 Å². The number of nitrogens with one attached hydrogen (secondary N) is 2. The van der Waals surface area contributed by atoms with Crippen molar-refractivity contribution in [2.75, 3.05) is 20.2 Å². The lowest BCUT2D eigenvalue weighted by Crippen LogP contribution is -2.28. The normalized spacial score (nSPS) is 14.9. The molecule has 1 aromatic heterocycles. The predicted octanol–water partition coefficient (Wildman–Crippen LogP) is 1.51. The second-order valence-corrected chi connectivity index (χ2v) is 8.06. The molecule has 1 saturated heterocycles. The molecule has 0 saturated carbocycles. The lowest BCUT2D eigenvalue weighted by molar-refractivity contribution is 0.0643. The zero-order chi connectivity index (χ0) is 21.3. The van der Waals surface area contributed by atoms with Gasteiger partial charge in [-0.05, 0) is 49.2 Å². The van der Waals surface area contributed by atoms with Crippen LogP contribution in [-0.4, -0.2) is 39.7 Å². The third kappa shape index (κ3) is 4.02. The minimum atomic E-state index is -1.27. The summed E-state index contributed by atoms with van der Waals surface area (Å²) in [7, 11) is 1.60. The molecule has 8 heteroatoms. The van der Waals surface area contributed by atoms with Crippen LogP contribution >= 0.6 is 0 Å². The molecule has 0 amide bonds. The standard InChI is InChI=1S/C22H27N5O3/c1-22(2,29)20-25-27(18-9-7-16(8-10-18)17-12-23-24-13-17)21(28)26(20)14-15-5-4-6-19(11-15)30-3/h4-11,17,23-24,29H,12-14H2,1-3H3. The smallest absolute Gasteiger partial charge is 0.351 e. The van der Waals surface area contributed by atoms with E-state index in [1.54, 1.807) is 21.0 Å². The van der Waals surface area contributed by atoms with Gasteiger partial charge in [-0.3, -0.25) is 15.4 Å². The highest BCUT2D eigenvalue weighted by Gasteiger charge is 2.27. The van der Waals surface area contributed by atoms with E-state index in [-0.39, 0.29) is 12.2 Å². The molecule has 0 radical (unpaired) electrons. The number of hydrogen-bond acceptors (Lipinski definition) is 6. The van der Waals surface area contributed by atoms with Crippen LogP contribution in [0.25, 0.3) is 5.69 Å². The Morgan fingerprint density at radius 3 is 2.50 bits per heavy atom. The van der Waals surface area contributed by atoms with Crippen molar-refractivity contribution in [1.29, 1.82) is 0 Å². The molecule has 2 heterocycles. The summed E-state index contributed by atoms with van der Waals surface area (Å²) >= 11 is 0. The molecule has 2 aromatic carbocycles. The summed E-state index contributed by atoms with van der Waals surface area (Å²) in [5.74, 6) is 1.42. The second-order valence-electron chi connectivity index (χ2n) is 8.06. The summed E-state index contributed by atoms with van der Waals surface area (Å²) in [6.45, 7) is 5.29. The van der Waals surface area contributed by atoms with Crippen LogP contribution in [0.4, 0.5) is 0 Å². The van der Waals surface area contributed by atoms with E-state index in [9.17, 15) is 9.90 Å². The van der Waals surface area contributed by atoms with Crippen LogP contribution in [0.1, 0.15) is 36.7 Å². The molecule has 1 aliphatic heterocycles. The number of rotatable bonds is 6. The lowest BCUT2D eigenvalue weighted by Gasteiger charge is -2.17. The van der Waals surface area contributed by atoms with Crippen molar-refractivity contribution in [2.45, 2.75) is 31.9 Å². The summed E-state index contributed by atoms with van der Waals surface area (Å²) < 4.78 is 8.14. The van der Waals surface area contributed by atoms with Crippen LogP contribution in [0.5, 0.6) is 5.75 Å². The average Bonchev–Trinajstić information content (AvgIpc) is 3.37. The van der Waals surface area contributed by atoms with Gasteiger partial charge in [-0.2, -0.15) is 4.68 Å².